The quantitative estimate of drug-likeness (QED) is 0.462. The Hall–Kier alpha value is -4.09. The Morgan fingerprint density at radius 1 is 1.28 bits per heavy atom. The van der Waals surface area contributed by atoms with Crippen molar-refractivity contribution in [2.24, 2.45) is 0 Å². The van der Waals surface area contributed by atoms with E-state index in [1.165, 1.54) is 12.6 Å². The van der Waals surface area contributed by atoms with Crippen molar-refractivity contribution in [2.75, 3.05) is 24.3 Å². The molecule has 0 bridgehead atoms. The van der Waals surface area contributed by atoms with Crippen LogP contribution < -0.4 is 10.2 Å². The van der Waals surface area contributed by atoms with Crippen molar-refractivity contribution in [3.63, 3.8) is 0 Å². The first kappa shape index (κ1) is 21.2. The third-order valence-corrected chi connectivity index (χ3v) is 4.46. The summed E-state index contributed by atoms with van der Waals surface area (Å²) >= 11 is 0. The molecule has 4 aromatic rings. The summed E-state index contributed by atoms with van der Waals surface area (Å²) in [4.78, 5) is 23.6. The van der Waals surface area contributed by atoms with Crippen LogP contribution in [-0.2, 0) is 12.5 Å². The van der Waals surface area contributed by atoms with Crippen LogP contribution in [0.2, 0.25) is 0 Å². The summed E-state index contributed by atoms with van der Waals surface area (Å²) < 4.78 is 37.0. The Balaban J connectivity index is 1.47. The Bertz CT molecular complexity index is 1240. The van der Waals surface area contributed by atoms with E-state index in [0.29, 0.717) is 11.3 Å². The molecule has 1 aromatic carbocycles. The number of oxazole rings is 2. The van der Waals surface area contributed by atoms with Gasteiger partial charge in [-0.25, -0.2) is 9.97 Å². The molecule has 10 nitrogen and oxygen atoms in total. The number of nitrogens with one attached hydrogen (secondary N) is 1. The van der Waals surface area contributed by atoms with Gasteiger partial charge >= 0.3 is 0 Å². The monoisotopic (exact) mass is 443 g/mol. The fourth-order valence-corrected chi connectivity index (χ4v) is 2.85. The lowest BCUT2D eigenvalue weighted by atomic mass is 10.1. The smallest absolute Gasteiger partial charge is 0.290 e. The molecule has 0 saturated heterocycles. The number of carbonyl (C=O) groups excluding carboxylic acids is 1. The minimum atomic E-state index is -3.11. The fraction of sp³-hybridized carbons (Fsp3) is 0.250. The summed E-state index contributed by atoms with van der Waals surface area (Å²) in [6.45, 7) is 0.641. The topological polar surface area (TPSA) is 115 Å². The molecule has 3 aromatic heterocycles. The van der Waals surface area contributed by atoms with Gasteiger partial charge in [0, 0.05) is 32.3 Å². The third-order valence-electron chi connectivity index (χ3n) is 4.46. The highest BCUT2D eigenvalue weighted by Crippen LogP contribution is 2.27. The molecular formula is C20H19F2N7O3. The van der Waals surface area contributed by atoms with Crippen molar-refractivity contribution < 1.29 is 22.4 Å². The first-order chi connectivity index (χ1) is 15.2. The van der Waals surface area contributed by atoms with Crippen LogP contribution in [0.3, 0.4) is 0 Å². The van der Waals surface area contributed by atoms with E-state index in [-0.39, 0.29) is 23.9 Å². The lowest BCUT2D eigenvalue weighted by Crippen LogP contribution is -2.14. The van der Waals surface area contributed by atoms with E-state index in [0.717, 1.165) is 23.7 Å². The molecule has 0 aliphatic carbocycles. The molecule has 0 fully saturated rings. The van der Waals surface area contributed by atoms with Crippen LogP contribution >= 0.6 is 0 Å². The van der Waals surface area contributed by atoms with Gasteiger partial charge in [-0.2, -0.15) is 18.7 Å². The van der Waals surface area contributed by atoms with Gasteiger partial charge in [0.1, 0.15) is 18.5 Å². The molecule has 1 amide bonds. The van der Waals surface area contributed by atoms with Gasteiger partial charge in [0.05, 0.1) is 6.20 Å². The molecule has 12 heteroatoms. The van der Waals surface area contributed by atoms with Crippen molar-refractivity contribution in [3.8, 4) is 11.3 Å². The van der Waals surface area contributed by atoms with Gasteiger partial charge in [0.2, 0.25) is 5.89 Å². The molecule has 32 heavy (non-hydrogen) atoms. The number of halogens is 2. The summed E-state index contributed by atoms with van der Waals surface area (Å²) in [5.74, 6) is -3.19. The van der Waals surface area contributed by atoms with E-state index in [1.54, 1.807) is 0 Å². The maximum atomic E-state index is 13.3. The minimum absolute atomic E-state index is 0.00885. The maximum absolute atomic E-state index is 13.3. The number of alkyl halides is 2. The Morgan fingerprint density at radius 2 is 2.09 bits per heavy atom. The number of benzene rings is 1. The lowest BCUT2D eigenvalue weighted by Gasteiger charge is -2.13. The van der Waals surface area contributed by atoms with Crippen LogP contribution in [0.1, 0.15) is 29.0 Å². The van der Waals surface area contributed by atoms with Crippen molar-refractivity contribution in [2.45, 2.75) is 19.4 Å². The van der Waals surface area contributed by atoms with Gasteiger partial charge in [0.15, 0.2) is 23.7 Å². The Kier molecular flexibility index (Phi) is 5.43. The van der Waals surface area contributed by atoms with E-state index in [4.69, 9.17) is 8.83 Å². The van der Waals surface area contributed by atoms with E-state index in [1.807, 2.05) is 43.3 Å². The standard InChI is InChI=1S/C20H19F2N7O3/c1-20(21,22)14-10-31-16(25-14)9-29-24-8-15(27-29)26-19(30)17-18(32-11-23-17)12-5-4-6-13(7-12)28(2)3/h4-8,10-11H,9H2,1-3H3,(H,26,27,30). The van der Waals surface area contributed by atoms with E-state index < -0.39 is 17.5 Å². The summed E-state index contributed by atoms with van der Waals surface area (Å²) in [7, 11) is 3.81. The van der Waals surface area contributed by atoms with Crippen LogP contribution in [0.25, 0.3) is 11.3 Å². The average molecular weight is 443 g/mol. The van der Waals surface area contributed by atoms with Crippen molar-refractivity contribution in [1.82, 2.24) is 25.0 Å². The first-order valence-corrected chi connectivity index (χ1v) is 9.46. The zero-order valence-electron chi connectivity index (χ0n) is 17.4. The normalized spacial score (nSPS) is 11.5. The van der Waals surface area contributed by atoms with Crippen LogP contribution in [0.5, 0.6) is 0 Å². The summed E-state index contributed by atoms with van der Waals surface area (Å²) in [5.41, 5.74) is 1.22. The molecule has 4 rings (SSSR count). The SMILES string of the molecule is CN(C)c1cccc(-c2ocnc2C(=O)Nc2cnn(Cc3nc(C(C)(F)F)co3)n2)c1. The highest BCUT2D eigenvalue weighted by molar-refractivity contribution is 6.05. The highest BCUT2D eigenvalue weighted by atomic mass is 19.3. The number of amides is 1. The second kappa shape index (κ2) is 8.21. The van der Waals surface area contributed by atoms with Gasteiger partial charge in [-0.05, 0) is 12.1 Å². The molecule has 0 radical (unpaired) electrons. The number of hydrogen-bond donors (Lipinski definition) is 1. The first-order valence-electron chi connectivity index (χ1n) is 9.46. The van der Waals surface area contributed by atoms with Gasteiger partial charge in [-0.3, -0.25) is 4.79 Å². The number of aromatic nitrogens is 5. The Morgan fingerprint density at radius 3 is 2.81 bits per heavy atom. The van der Waals surface area contributed by atoms with E-state index in [9.17, 15) is 13.6 Å². The third kappa shape index (κ3) is 4.48. The second-order valence-corrected chi connectivity index (χ2v) is 7.20. The van der Waals surface area contributed by atoms with Crippen molar-refractivity contribution in [1.29, 1.82) is 0 Å². The van der Waals surface area contributed by atoms with Gasteiger partial charge in [0.25, 0.3) is 11.8 Å². The summed E-state index contributed by atoms with van der Waals surface area (Å²) in [5, 5.41) is 10.7. The average Bonchev–Trinajstić information content (AvgIpc) is 3.48. The molecule has 0 saturated carbocycles. The van der Waals surface area contributed by atoms with Gasteiger partial charge < -0.3 is 19.1 Å². The molecule has 0 unspecified atom stereocenters. The molecule has 0 spiro atoms. The molecular weight excluding hydrogens is 424 g/mol. The summed E-state index contributed by atoms with van der Waals surface area (Å²) in [6, 6.07) is 7.46. The molecule has 166 valence electrons. The zero-order chi connectivity index (χ0) is 22.9. The predicted octanol–water partition coefficient (Wildman–Crippen LogP) is 3.40. The number of rotatable bonds is 7. The lowest BCUT2D eigenvalue weighted by molar-refractivity contribution is 0.0126. The van der Waals surface area contributed by atoms with Crippen molar-refractivity contribution >= 4 is 17.4 Å². The number of hydrogen-bond acceptors (Lipinski definition) is 8. The summed E-state index contributed by atoms with van der Waals surface area (Å²) in [6.07, 6.45) is 3.38. The second-order valence-electron chi connectivity index (χ2n) is 7.20. The molecule has 1 N–H and O–H groups in total. The highest BCUT2D eigenvalue weighted by Gasteiger charge is 2.29. The molecule has 0 aliphatic rings. The van der Waals surface area contributed by atoms with Crippen molar-refractivity contribution in [3.05, 3.63) is 60.4 Å². The number of nitrogens with zero attached hydrogens (tertiary/aromatic N) is 6. The van der Waals surface area contributed by atoms with Crippen LogP contribution in [0, 0.1) is 0 Å². The predicted molar refractivity (Wildman–Crippen MR) is 109 cm³/mol. The van der Waals surface area contributed by atoms with Gasteiger partial charge in [-0.15, -0.1) is 5.10 Å². The molecule has 0 atom stereocenters. The van der Waals surface area contributed by atoms with E-state index in [2.05, 4.69) is 25.5 Å². The number of carbonyl (C=O) groups is 1. The molecule has 0 aliphatic heterocycles. The minimum Gasteiger partial charge on any atom is -0.446 e. The Labute approximate surface area is 180 Å². The zero-order valence-corrected chi connectivity index (χ0v) is 17.4. The fourth-order valence-electron chi connectivity index (χ4n) is 2.85. The van der Waals surface area contributed by atoms with Crippen LogP contribution in [-0.4, -0.2) is 45.0 Å². The van der Waals surface area contributed by atoms with Crippen LogP contribution in [0.4, 0.5) is 20.3 Å². The maximum Gasteiger partial charge on any atom is 0.290 e. The number of anilines is 2. The molecule has 3 heterocycles. The van der Waals surface area contributed by atoms with E-state index >= 15 is 0 Å². The largest absolute Gasteiger partial charge is 0.446 e. The van der Waals surface area contributed by atoms with Crippen LogP contribution in [0.15, 0.2) is 52.0 Å². The van der Waals surface area contributed by atoms with Gasteiger partial charge in [-0.1, -0.05) is 12.1 Å².